The van der Waals surface area contributed by atoms with E-state index in [0.717, 1.165) is 16.6 Å². The van der Waals surface area contributed by atoms with E-state index in [1.54, 1.807) is 30.3 Å². The molecule has 0 saturated carbocycles. The monoisotopic (exact) mass is 211 g/mol. The average molecular weight is 211 g/mol. The van der Waals surface area contributed by atoms with Crippen molar-refractivity contribution in [3.05, 3.63) is 52.7 Å². The molecule has 0 radical (unpaired) electrons. The van der Waals surface area contributed by atoms with Crippen LogP contribution in [0.15, 0.2) is 47.3 Å². The third-order valence-electron chi connectivity index (χ3n) is 2.67. The molecule has 0 bridgehead atoms. The van der Waals surface area contributed by atoms with Crippen LogP contribution in [-0.4, -0.2) is 10.1 Å². The van der Waals surface area contributed by atoms with E-state index >= 15 is 0 Å². The molecule has 0 atom stereocenters. The Morgan fingerprint density at radius 1 is 1.06 bits per heavy atom. The molecule has 0 spiro atoms. The molecule has 1 aromatic carbocycles. The van der Waals surface area contributed by atoms with Gasteiger partial charge in [0.05, 0.1) is 0 Å². The van der Waals surface area contributed by atoms with Gasteiger partial charge in [-0.05, 0) is 36.4 Å². The van der Waals surface area contributed by atoms with Gasteiger partial charge in [0.1, 0.15) is 5.75 Å². The topological polar surface area (TPSA) is 53.1 Å². The van der Waals surface area contributed by atoms with Gasteiger partial charge in [0.2, 0.25) is 0 Å². The summed E-state index contributed by atoms with van der Waals surface area (Å²) < 4.78 is 0. The molecule has 2 aliphatic rings. The second kappa shape index (κ2) is 3.10. The van der Waals surface area contributed by atoms with Crippen molar-refractivity contribution in [3.63, 3.8) is 0 Å². The zero-order valence-corrected chi connectivity index (χ0v) is 8.40. The van der Waals surface area contributed by atoms with Crippen molar-refractivity contribution in [2.75, 3.05) is 0 Å². The van der Waals surface area contributed by atoms with E-state index in [2.05, 4.69) is 4.98 Å². The minimum absolute atomic E-state index is 0.0148. The molecule has 0 fully saturated rings. The van der Waals surface area contributed by atoms with E-state index in [4.69, 9.17) is 0 Å². The van der Waals surface area contributed by atoms with Crippen molar-refractivity contribution >= 4 is 10.9 Å². The van der Waals surface area contributed by atoms with E-state index in [1.165, 1.54) is 6.07 Å². The predicted octanol–water partition coefficient (Wildman–Crippen LogP) is 2.34. The van der Waals surface area contributed by atoms with Crippen LogP contribution in [0.25, 0.3) is 22.2 Å². The normalized spacial score (nSPS) is 11.0. The zero-order chi connectivity index (χ0) is 11.1. The molecule has 1 aromatic rings. The molecule has 78 valence electrons. The number of phenols is 1. The van der Waals surface area contributed by atoms with Gasteiger partial charge in [-0.1, -0.05) is 6.07 Å². The maximum Gasteiger partial charge on any atom is 0.187 e. The maximum absolute atomic E-state index is 11.6. The second-order valence-corrected chi connectivity index (χ2v) is 3.76. The summed E-state index contributed by atoms with van der Waals surface area (Å²) in [5.41, 5.74) is 2.33. The summed E-state index contributed by atoms with van der Waals surface area (Å²) in [6, 6.07) is 12.0. The summed E-state index contributed by atoms with van der Waals surface area (Å²) >= 11 is 0. The first-order valence-electron chi connectivity index (χ1n) is 4.99. The maximum atomic E-state index is 11.6. The van der Waals surface area contributed by atoms with Gasteiger partial charge in [0.25, 0.3) is 0 Å². The summed E-state index contributed by atoms with van der Waals surface area (Å²) in [5, 5.41) is 10.2. The minimum atomic E-state index is -0.0148. The van der Waals surface area contributed by atoms with Gasteiger partial charge in [-0.25, -0.2) is 0 Å². The molecule has 0 saturated heterocycles. The van der Waals surface area contributed by atoms with Crippen molar-refractivity contribution in [1.82, 2.24) is 4.98 Å². The van der Waals surface area contributed by atoms with Gasteiger partial charge >= 0.3 is 0 Å². The zero-order valence-electron chi connectivity index (χ0n) is 8.40. The summed E-state index contributed by atoms with van der Waals surface area (Å²) in [5.74, 6) is 0.198. The lowest BCUT2D eigenvalue weighted by Gasteiger charge is -2.07. The number of fused-ring (bicyclic) bond motifs is 2. The number of aromatic hydroxyl groups is 1. The van der Waals surface area contributed by atoms with E-state index in [9.17, 15) is 9.90 Å². The highest BCUT2D eigenvalue weighted by atomic mass is 16.3. The van der Waals surface area contributed by atoms with Crippen molar-refractivity contribution in [3.8, 4) is 17.0 Å². The Morgan fingerprint density at radius 2 is 1.94 bits per heavy atom. The average Bonchev–Trinajstić information content (AvgIpc) is 2.28. The number of benzene rings is 2. The summed E-state index contributed by atoms with van der Waals surface area (Å²) in [4.78, 5) is 14.8. The predicted molar refractivity (Wildman–Crippen MR) is 62.9 cm³/mol. The second-order valence-electron chi connectivity index (χ2n) is 3.76. The van der Waals surface area contributed by atoms with Gasteiger partial charge in [-0.2, -0.15) is 0 Å². The molecule has 0 amide bonds. The number of nitrogens with one attached hydrogen (secondary N) is 1. The van der Waals surface area contributed by atoms with Gasteiger partial charge in [-0.3, -0.25) is 4.79 Å². The SMILES string of the molecule is O=c1cccc2[nH]c3ccc(O)cc3cc1-2. The van der Waals surface area contributed by atoms with Gasteiger partial charge in [0.15, 0.2) is 5.43 Å². The van der Waals surface area contributed by atoms with Crippen LogP contribution in [0.3, 0.4) is 0 Å². The van der Waals surface area contributed by atoms with Crippen LogP contribution in [0.5, 0.6) is 5.75 Å². The Kier molecular flexibility index (Phi) is 1.74. The molecule has 1 heterocycles. The highest BCUT2D eigenvalue weighted by molar-refractivity contribution is 5.86. The first-order valence-corrected chi connectivity index (χ1v) is 4.99. The van der Waals surface area contributed by atoms with Crippen molar-refractivity contribution in [2.45, 2.75) is 0 Å². The lowest BCUT2D eigenvalue weighted by Crippen LogP contribution is -2.04. The van der Waals surface area contributed by atoms with Crippen LogP contribution in [0.1, 0.15) is 0 Å². The third kappa shape index (κ3) is 1.26. The molecule has 16 heavy (non-hydrogen) atoms. The molecule has 1 aliphatic heterocycles. The summed E-state index contributed by atoms with van der Waals surface area (Å²) in [6.07, 6.45) is 0. The van der Waals surface area contributed by atoms with Crippen LogP contribution in [0.4, 0.5) is 0 Å². The number of phenolic OH excluding ortho intramolecular Hbond substituents is 1. The lowest BCUT2D eigenvalue weighted by molar-refractivity contribution is 0.476. The van der Waals surface area contributed by atoms with E-state index in [1.807, 2.05) is 6.07 Å². The Balaban J connectivity index is 2.51. The van der Waals surface area contributed by atoms with Crippen molar-refractivity contribution in [2.24, 2.45) is 0 Å². The van der Waals surface area contributed by atoms with E-state index < -0.39 is 0 Å². The fourth-order valence-corrected chi connectivity index (χ4v) is 1.89. The van der Waals surface area contributed by atoms with E-state index in [0.29, 0.717) is 5.56 Å². The van der Waals surface area contributed by atoms with Crippen molar-refractivity contribution in [1.29, 1.82) is 0 Å². The Bertz CT molecular complexity index is 700. The number of hydrogen-bond acceptors (Lipinski definition) is 2. The standard InChI is InChI=1S/C13H9NO2/c15-9-4-5-11-8(6-9)7-10-12(14-11)2-1-3-13(10)16/h1-7,14-15H. The minimum Gasteiger partial charge on any atom is -0.508 e. The fraction of sp³-hybridized carbons (Fsp3) is 0. The molecule has 0 aromatic heterocycles. The van der Waals surface area contributed by atoms with Crippen LogP contribution >= 0.6 is 0 Å². The number of hydrogen-bond donors (Lipinski definition) is 2. The quantitative estimate of drug-likeness (QED) is 0.561. The third-order valence-corrected chi connectivity index (χ3v) is 2.67. The van der Waals surface area contributed by atoms with Crippen LogP contribution < -0.4 is 5.43 Å². The molecule has 0 unspecified atom stereocenters. The Labute approximate surface area is 91.3 Å². The van der Waals surface area contributed by atoms with E-state index in [-0.39, 0.29) is 11.2 Å². The highest BCUT2D eigenvalue weighted by Gasteiger charge is 2.07. The van der Waals surface area contributed by atoms with Crippen LogP contribution in [0.2, 0.25) is 0 Å². The number of aromatic amines is 1. The Morgan fingerprint density at radius 3 is 2.81 bits per heavy atom. The van der Waals surface area contributed by atoms with Gasteiger partial charge < -0.3 is 10.1 Å². The first-order chi connectivity index (χ1) is 7.74. The molecule has 3 rings (SSSR count). The molecular formula is C13H9NO2. The number of aromatic nitrogens is 1. The summed E-state index contributed by atoms with van der Waals surface area (Å²) in [7, 11) is 0. The molecule has 2 N–H and O–H groups in total. The highest BCUT2D eigenvalue weighted by Crippen LogP contribution is 2.24. The molecule has 1 aliphatic carbocycles. The molecule has 3 nitrogen and oxygen atoms in total. The smallest absolute Gasteiger partial charge is 0.187 e. The molecule has 3 heteroatoms. The fourth-order valence-electron chi connectivity index (χ4n) is 1.89. The summed E-state index contributed by atoms with van der Waals surface area (Å²) in [6.45, 7) is 0. The van der Waals surface area contributed by atoms with Crippen LogP contribution in [-0.2, 0) is 0 Å². The van der Waals surface area contributed by atoms with Crippen molar-refractivity contribution < 1.29 is 5.11 Å². The Hall–Kier alpha value is -2.29. The number of rotatable bonds is 0. The molecular weight excluding hydrogens is 202 g/mol. The largest absolute Gasteiger partial charge is 0.508 e. The lowest BCUT2D eigenvalue weighted by atomic mass is 10.1. The number of H-pyrrole nitrogens is 1. The van der Waals surface area contributed by atoms with Gasteiger partial charge in [0, 0.05) is 22.2 Å². The number of pyridine rings is 1. The van der Waals surface area contributed by atoms with Crippen LogP contribution in [0, 0.1) is 0 Å². The first kappa shape index (κ1) is 8.97. The van der Waals surface area contributed by atoms with Gasteiger partial charge in [-0.15, -0.1) is 0 Å².